The second-order valence-corrected chi connectivity index (χ2v) is 5.20. The van der Waals surface area contributed by atoms with Gasteiger partial charge in [-0.25, -0.2) is 4.79 Å². The van der Waals surface area contributed by atoms with Crippen molar-refractivity contribution < 1.29 is 23.1 Å². The molecule has 0 unspecified atom stereocenters. The van der Waals surface area contributed by atoms with E-state index in [1.807, 2.05) is 0 Å². The largest absolute Gasteiger partial charge is 0.434 e. The van der Waals surface area contributed by atoms with Gasteiger partial charge < -0.3 is 15.3 Å². The number of benzene rings is 2. The van der Waals surface area contributed by atoms with Crippen molar-refractivity contribution in [3.8, 4) is 5.75 Å². The number of carbonyl (C=O) groups excluding carboxylic acids is 1. The van der Waals surface area contributed by atoms with E-state index >= 15 is 0 Å². The molecule has 0 fully saturated rings. The average molecular weight is 375 g/mol. The van der Waals surface area contributed by atoms with Gasteiger partial charge in [0.2, 0.25) is 0 Å². The van der Waals surface area contributed by atoms with Crippen LogP contribution in [0.5, 0.6) is 5.75 Å². The van der Waals surface area contributed by atoms with Crippen molar-refractivity contribution in [1.82, 2.24) is 0 Å². The van der Waals surface area contributed by atoms with E-state index in [4.69, 9.17) is 28.9 Å². The van der Waals surface area contributed by atoms with Gasteiger partial charge in [0, 0.05) is 10.6 Å². The standard InChI is InChI=1S/C15H10Cl2F2N2O3/c16-8-5-6-9(11(17)7-8)13(20)21-24-14(22)10-3-1-2-4-12(10)23-15(18)19/h1-7,15H,(H2,20,21). The highest BCUT2D eigenvalue weighted by atomic mass is 35.5. The number of carbonyl (C=O) groups is 1. The molecule has 0 saturated carbocycles. The minimum atomic E-state index is -3.08. The van der Waals surface area contributed by atoms with E-state index in [2.05, 4.69) is 14.7 Å². The van der Waals surface area contributed by atoms with Crippen LogP contribution in [0.25, 0.3) is 0 Å². The molecular weight excluding hydrogens is 365 g/mol. The number of nitrogens with zero attached hydrogens (tertiary/aromatic N) is 1. The Morgan fingerprint density at radius 2 is 1.83 bits per heavy atom. The fraction of sp³-hybridized carbons (Fsp3) is 0.0667. The van der Waals surface area contributed by atoms with Crippen LogP contribution in [0.2, 0.25) is 10.0 Å². The van der Waals surface area contributed by atoms with Crippen LogP contribution in [-0.4, -0.2) is 18.4 Å². The SMILES string of the molecule is N/C(=N\OC(=O)c1ccccc1OC(F)F)c1ccc(Cl)cc1Cl. The zero-order chi connectivity index (χ0) is 17.7. The molecule has 2 aromatic rings. The Morgan fingerprint density at radius 1 is 1.12 bits per heavy atom. The predicted octanol–water partition coefficient (Wildman–Crippen LogP) is 4.07. The highest BCUT2D eigenvalue weighted by Gasteiger charge is 2.17. The molecule has 0 heterocycles. The summed E-state index contributed by atoms with van der Waals surface area (Å²) < 4.78 is 28.9. The molecule has 0 amide bonds. The van der Waals surface area contributed by atoms with Gasteiger partial charge >= 0.3 is 12.6 Å². The number of halogens is 4. The molecule has 0 atom stereocenters. The molecule has 0 bridgehead atoms. The Morgan fingerprint density at radius 3 is 2.50 bits per heavy atom. The minimum Gasteiger partial charge on any atom is -0.434 e. The van der Waals surface area contributed by atoms with Gasteiger partial charge in [-0.3, -0.25) is 0 Å². The monoisotopic (exact) mass is 374 g/mol. The van der Waals surface area contributed by atoms with Crippen molar-refractivity contribution in [2.45, 2.75) is 6.61 Å². The molecular formula is C15H10Cl2F2N2O3. The van der Waals surface area contributed by atoms with Crippen molar-refractivity contribution in [1.29, 1.82) is 0 Å². The van der Waals surface area contributed by atoms with Crippen LogP contribution in [0.15, 0.2) is 47.6 Å². The van der Waals surface area contributed by atoms with Gasteiger partial charge in [-0.05, 0) is 30.3 Å². The second-order valence-electron chi connectivity index (χ2n) is 4.35. The van der Waals surface area contributed by atoms with Gasteiger partial charge in [-0.15, -0.1) is 0 Å². The lowest BCUT2D eigenvalue weighted by Crippen LogP contribution is -2.16. The van der Waals surface area contributed by atoms with E-state index < -0.39 is 12.6 Å². The molecule has 0 aliphatic rings. The zero-order valence-corrected chi connectivity index (χ0v) is 13.4. The molecule has 126 valence electrons. The summed E-state index contributed by atoms with van der Waals surface area (Å²) >= 11 is 11.7. The van der Waals surface area contributed by atoms with Gasteiger partial charge in [0.05, 0.1) is 5.02 Å². The molecule has 0 aromatic heterocycles. The average Bonchev–Trinajstić information content (AvgIpc) is 2.52. The van der Waals surface area contributed by atoms with Gasteiger partial charge in [0.25, 0.3) is 0 Å². The Kier molecular flexibility index (Phi) is 5.94. The van der Waals surface area contributed by atoms with Gasteiger partial charge in [-0.1, -0.05) is 40.5 Å². The molecule has 9 heteroatoms. The van der Waals surface area contributed by atoms with E-state index in [0.717, 1.165) is 0 Å². The molecule has 2 N–H and O–H groups in total. The first kappa shape index (κ1) is 18.0. The summed E-state index contributed by atoms with van der Waals surface area (Å²) in [5.41, 5.74) is 5.76. The first-order valence-corrected chi connectivity index (χ1v) is 7.18. The quantitative estimate of drug-likeness (QED) is 0.370. The molecule has 0 aliphatic carbocycles. The number of ether oxygens (including phenoxy) is 1. The number of alkyl halides is 2. The Bertz CT molecular complexity index is 785. The Labute approximate surface area is 145 Å². The number of rotatable bonds is 5. The third-order valence-corrected chi connectivity index (χ3v) is 3.30. The van der Waals surface area contributed by atoms with E-state index in [0.29, 0.717) is 10.6 Å². The van der Waals surface area contributed by atoms with Crippen LogP contribution in [-0.2, 0) is 4.84 Å². The summed E-state index contributed by atoms with van der Waals surface area (Å²) in [6, 6.07) is 9.79. The van der Waals surface area contributed by atoms with E-state index in [1.165, 1.54) is 42.5 Å². The van der Waals surface area contributed by atoms with Crippen LogP contribution in [0, 0.1) is 0 Å². The molecule has 0 radical (unpaired) electrons. The number of para-hydroxylation sites is 1. The molecule has 0 saturated heterocycles. The summed E-state index contributed by atoms with van der Waals surface area (Å²) in [5.74, 6) is -1.53. The maximum absolute atomic E-state index is 12.3. The normalized spacial score (nSPS) is 11.5. The number of hydrogen-bond donors (Lipinski definition) is 1. The topological polar surface area (TPSA) is 73.9 Å². The Hall–Kier alpha value is -2.38. The summed E-state index contributed by atoms with van der Waals surface area (Å²) in [5, 5.41) is 4.06. The Balaban J connectivity index is 2.18. The zero-order valence-electron chi connectivity index (χ0n) is 11.9. The lowest BCUT2D eigenvalue weighted by atomic mass is 10.2. The summed E-state index contributed by atoms with van der Waals surface area (Å²) in [6.07, 6.45) is 0. The second kappa shape index (κ2) is 7.94. The lowest BCUT2D eigenvalue weighted by molar-refractivity contribution is -0.0504. The van der Waals surface area contributed by atoms with E-state index in [1.54, 1.807) is 0 Å². The van der Waals surface area contributed by atoms with E-state index in [-0.39, 0.29) is 22.2 Å². The first-order chi connectivity index (χ1) is 11.4. The van der Waals surface area contributed by atoms with Crippen molar-refractivity contribution >= 4 is 35.0 Å². The van der Waals surface area contributed by atoms with Crippen LogP contribution in [0.3, 0.4) is 0 Å². The van der Waals surface area contributed by atoms with E-state index in [9.17, 15) is 13.6 Å². The van der Waals surface area contributed by atoms with Crippen LogP contribution < -0.4 is 10.5 Å². The molecule has 2 rings (SSSR count). The minimum absolute atomic E-state index is 0.183. The van der Waals surface area contributed by atoms with Crippen molar-refractivity contribution in [3.05, 3.63) is 63.6 Å². The van der Waals surface area contributed by atoms with Crippen molar-refractivity contribution in [2.24, 2.45) is 10.9 Å². The van der Waals surface area contributed by atoms with Gasteiger partial charge in [0.15, 0.2) is 5.84 Å². The fourth-order valence-electron chi connectivity index (χ4n) is 1.72. The number of oxime groups is 1. The summed E-state index contributed by atoms with van der Waals surface area (Å²) in [7, 11) is 0. The highest BCUT2D eigenvalue weighted by Crippen LogP contribution is 2.22. The molecule has 24 heavy (non-hydrogen) atoms. The summed E-state index contributed by atoms with van der Waals surface area (Å²) in [6.45, 7) is -3.08. The first-order valence-electron chi connectivity index (χ1n) is 6.42. The van der Waals surface area contributed by atoms with Gasteiger partial charge in [0.1, 0.15) is 11.3 Å². The fourth-order valence-corrected chi connectivity index (χ4v) is 2.23. The number of hydrogen-bond acceptors (Lipinski definition) is 4. The number of amidine groups is 1. The third kappa shape index (κ3) is 4.56. The smallest absolute Gasteiger partial charge is 0.387 e. The molecule has 0 spiro atoms. The van der Waals surface area contributed by atoms with Crippen LogP contribution >= 0.6 is 23.2 Å². The highest BCUT2D eigenvalue weighted by molar-refractivity contribution is 6.36. The molecule has 2 aromatic carbocycles. The summed E-state index contributed by atoms with van der Waals surface area (Å²) in [4.78, 5) is 16.6. The van der Waals surface area contributed by atoms with Crippen LogP contribution in [0.4, 0.5) is 8.78 Å². The van der Waals surface area contributed by atoms with Crippen molar-refractivity contribution in [3.63, 3.8) is 0 Å². The number of nitrogens with two attached hydrogens (primary N) is 1. The third-order valence-electron chi connectivity index (χ3n) is 2.76. The maximum Gasteiger partial charge on any atom is 0.387 e. The maximum atomic E-state index is 12.3. The molecule has 5 nitrogen and oxygen atoms in total. The lowest BCUT2D eigenvalue weighted by Gasteiger charge is -2.08. The van der Waals surface area contributed by atoms with Crippen LogP contribution in [0.1, 0.15) is 15.9 Å². The predicted molar refractivity (Wildman–Crippen MR) is 85.7 cm³/mol. The van der Waals surface area contributed by atoms with Crippen molar-refractivity contribution in [2.75, 3.05) is 0 Å². The van der Waals surface area contributed by atoms with Gasteiger partial charge in [-0.2, -0.15) is 8.78 Å². The molecule has 0 aliphatic heterocycles.